The molecule has 2 aliphatic rings. The van der Waals surface area contributed by atoms with Gasteiger partial charge < -0.3 is 24.8 Å². The van der Waals surface area contributed by atoms with Crippen LogP contribution in [0.1, 0.15) is 25.7 Å². The summed E-state index contributed by atoms with van der Waals surface area (Å²) in [5, 5.41) is 2.94. The van der Waals surface area contributed by atoms with Crippen LogP contribution in [-0.2, 0) is 9.59 Å². The highest BCUT2D eigenvalue weighted by Crippen LogP contribution is 2.24. The minimum Gasteiger partial charge on any atom is -0.474 e. The van der Waals surface area contributed by atoms with Crippen molar-refractivity contribution in [2.24, 2.45) is 5.92 Å². The van der Waals surface area contributed by atoms with Crippen LogP contribution in [0.3, 0.4) is 0 Å². The second-order valence-corrected chi connectivity index (χ2v) is 10.3. The summed E-state index contributed by atoms with van der Waals surface area (Å²) in [5.74, 6) is 0.785. The molecule has 0 atom stereocenters. The van der Waals surface area contributed by atoms with Crippen LogP contribution in [0.25, 0.3) is 11.1 Å². The molecule has 2 saturated heterocycles. The SMILES string of the molecule is CN1CCC(CNC(=O)/C=C\C(=O)N2CCC(Oc3ccc(-c4ccc(N(C)C)cc4)cn3)CC2)CC1. The number of benzene rings is 1. The number of anilines is 1. The van der Waals surface area contributed by atoms with Crippen molar-refractivity contribution >= 4 is 17.5 Å². The Kier molecular flexibility index (Phi) is 9.17. The first-order valence-corrected chi connectivity index (χ1v) is 13.2. The fourth-order valence-corrected chi connectivity index (χ4v) is 4.76. The summed E-state index contributed by atoms with van der Waals surface area (Å²) < 4.78 is 6.08. The Hall–Kier alpha value is -3.39. The Morgan fingerprint density at radius 2 is 1.65 bits per heavy atom. The van der Waals surface area contributed by atoms with Crippen LogP contribution in [0.2, 0.25) is 0 Å². The standard InChI is InChI=1S/C29H39N5O3/c1-32(2)25-7-4-23(5-8-25)24-6-10-28(31-21-24)37-26-14-18-34(19-15-26)29(36)11-9-27(35)30-20-22-12-16-33(3)17-13-22/h4-11,21-22,26H,12-20H2,1-3H3,(H,30,35)/b11-9-. The maximum absolute atomic E-state index is 12.5. The molecule has 2 amide bonds. The molecule has 0 bridgehead atoms. The highest BCUT2D eigenvalue weighted by Gasteiger charge is 2.23. The van der Waals surface area contributed by atoms with E-state index < -0.39 is 0 Å². The third kappa shape index (κ3) is 7.79. The lowest BCUT2D eigenvalue weighted by atomic mass is 9.97. The molecule has 0 unspecified atom stereocenters. The van der Waals surface area contributed by atoms with Gasteiger partial charge in [0, 0.05) is 82.2 Å². The zero-order valence-corrected chi connectivity index (χ0v) is 22.2. The molecule has 1 N–H and O–H groups in total. The Balaban J connectivity index is 1.18. The molecule has 1 aromatic carbocycles. The van der Waals surface area contributed by atoms with Crippen molar-refractivity contribution in [1.82, 2.24) is 20.1 Å². The van der Waals surface area contributed by atoms with E-state index in [4.69, 9.17) is 4.74 Å². The third-order valence-electron chi connectivity index (χ3n) is 7.27. The molecule has 2 aliphatic heterocycles. The number of likely N-dealkylation sites (tertiary alicyclic amines) is 2. The molecular weight excluding hydrogens is 466 g/mol. The predicted octanol–water partition coefficient (Wildman–Crippen LogP) is 3.20. The van der Waals surface area contributed by atoms with E-state index in [9.17, 15) is 9.59 Å². The normalized spacial score (nSPS) is 17.6. The average Bonchev–Trinajstić information content (AvgIpc) is 2.92. The Labute approximate surface area is 220 Å². The average molecular weight is 506 g/mol. The molecule has 0 radical (unpaired) electrons. The van der Waals surface area contributed by atoms with Crippen molar-refractivity contribution in [3.8, 4) is 17.0 Å². The molecule has 8 heteroatoms. The summed E-state index contributed by atoms with van der Waals surface area (Å²) in [6.45, 7) is 4.01. The van der Waals surface area contributed by atoms with Gasteiger partial charge in [-0.1, -0.05) is 12.1 Å². The second kappa shape index (κ2) is 12.7. The van der Waals surface area contributed by atoms with Crippen molar-refractivity contribution in [2.75, 3.05) is 58.8 Å². The first-order chi connectivity index (χ1) is 17.9. The van der Waals surface area contributed by atoms with Crippen molar-refractivity contribution in [3.63, 3.8) is 0 Å². The van der Waals surface area contributed by atoms with Crippen LogP contribution in [-0.4, -0.2) is 86.6 Å². The van der Waals surface area contributed by atoms with Crippen molar-refractivity contribution in [2.45, 2.75) is 31.8 Å². The molecule has 0 saturated carbocycles. The Morgan fingerprint density at radius 1 is 0.973 bits per heavy atom. The molecule has 2 aromatic rings. The van der Waals surface area contributed by atoms with Crippen LogP contribution in [0.4, 0.5) is 5.69 Å². The van der Waals surface area contributed by atoms with Gasteiger partial charge in [0.05, 0.1) is 0 Å². The lowest BCUT2D eigenvalue weighted by Crippen LogP contribution is -2.41. The molecule has 0 spiro atoms. The van der Waals surface area contributed by atoms with Crippen molar-refractivity contribution in [1.29, 1.82) is 0 Å². The summed E-state index contributed by atoms with van der Waals surface area (Å²) in [6, 6.07) is 12.3. The number of carbonyl (C=O) groups excluding carboxylic acids is 2. The van der Waals surface area contributed by atoms with Gasteiger partial charge in [-0.05, 0) is 62.7 Å². The van der Waals surface area contributed by atoms with Gasteiger partial charge in [0.1, 0.15) is 6.10 Å². The lowest BCUT2D eigenvalue weighted by molar-refractivity contribution is -0.128. The van der Waals surface area contributed by atoms with Crippen molar-refractivity contribution in [3.05, 3.63) is 54.7 Å². The molecule has 0 aliphatic carbocycles. The van der Waals surface area contributed by atoms with Crippen LogP contribution in [0.5, 0.6) is 5.88 Å². The minimum atomic E-state index is -0.200. The molecule has 8 nitrogen and oxygen atoms in total. The number of ether oxygens (including phenoxy) is 1. The Morgan fingerprint density at radius 3 is 2.27 bits per heavy atom. The van der Waals surface area contributed by atoms with E-state index in [1.165, 1.54) is 12.2 Å². The first-order valence-electron chi connectivity index (χ1n) is 13.2. The molecule has 3 heterocycles. The van der Waals surface area contributed by atoms with Gasteiger partial charge in [-0.25, -0.2) is 4.98 Å². The zero-order chi connectivity index (χ0) is 26.2. The highest BCUT2D eigenvalue weighted by molar-refractivity contribution is 5.96. The molecule has 2 fully saturated rings. The monoisotopic (exact) mass is 505 g/mol. The van der Waals surface area contributed by atoms with Crippen molar-refractivity contribution < 1.29 is 14.3 Å². The van der Waals surface area contributed by atoms with E-state index in [0.29, 0.717) is 31.4 Å². The number of pyridine rings is 1. The zero-order valence-electron chi connectivity index (χ0n) is 22.2. The Bertz CT molecular complexity index is 1050. The molecule has 1 aromatic heterocycles. The number of hydrogen-bond donors (Lipinski definition) is 1. The number of nitrogens with zero attached hydrogens (tertiary/aromatic N) is 4. The number of aromatic nitrogens is 1. The molecule has 4 rings (SSSR count). The van der Waals surface area contributed by atoms with E-state index >= 15 is 0 Å². The van der Waals surface area contributed by atoms with Crippen LogP contribution >= 0.6 is 0 Å². The molecule has 198 valence electrons. The fourth-order valence-electron chi connectivity index (χ4n) is 4.76. The number of nitrogens with one attached hydrogen (secondary N) is 1. The largest absolute Gasteiger partial charge is 0.474 e. The number of carbonyl (C=O) groups is 2. The summed E-state index contributed by atoms with van der Waals surface area (Å²) in [7, 11) is 6.17. The topological polar surface area (TPSA) is 78.0 Å². The summed E-state index contributed by atoms with van der Waals surface area (Å²) in [4.78, 5) is 35.3. The number of piperidine rings is 2. The summed E-state index contributed by atoms with van der Waals surface area (Å²) in [6.07, 6.45) is 8.26. The van der Waals surface area contributed by atoms with Crippen LogP contribution < -0.4 is 15.0 Å². The third-order valence-corrected chi connectivity index (χ3v) is 7.27. The molecule has 37 heavy (non-hydrogen) atoms. The van der Waals surface area contributed by atoms with Gasteiger partial charge in [-0.3, -0.25) is 9.59 Å². The highest BCUT2D eigenvalue weighted by atomic mass is 16.5. The van der Waals surface area contributed by atoms with E-state index in [-0.39, 0.29) is 17.9 Å². The smallest absolute Gasteiger partial charge is 0.246 e. The van der Waals surface area contributed by atoms with E-state index in [1.807, 2.05) is 32.4 Å². The van der Waals surface area contributed by atoms with E-state index in [2.05, 4.69) is 51.4 Å². The number of rotatable bonds is 8. The van der Waals surface area contributed by atoms with Gasteiger partial charge >= 0.3 is 0 Å². The van der Waals surface area contributed by atoms with Gasteiger partial charge in [0.2, 0.25) is 17.7 Å². The number of hydrogen-bond acceptors (Lipinski definition) is 6. The fraction of sp³-hybridized carbons (Fsp3) is 0.483. The van der Waals surface area contributed by atoms with Crippen LogP contribution in [0.15, 0.2) is 54.7 Å². The first kappa shape index (κ1) is 26.7. The second-order valence-electron chi connectivity index (χ2n) is 10.3. The minimum absolute atomic E-state index is 0.0172. The predicted molar refractivity (Wildman–Crippen MR) is 147 cm³/mol. The molecular formula is C29H39N5O3. The summed E-state index contributed by atoms with van der Waals surface area (Å²) >= 11 is 0. The van der Waals surface area contributed by atoms with E-state index in [1.54, 1.807) is 4.90 Å². The summed E-state index contributed by atoms with van der Waals surface area (Å²) in [5.41, 5.74) is 3.31. The van der Waals surface area contributed by atoms with Gasteiger partial charge in [0.15, 0.2) is 0 Å². The quantitative estimate of drug-likeness (QED) is 0.556. The lowest BCUT2D eigenvalue weighted by Gasteiger charge is -2.31. The van der Waals surface area contributed by atoms with Gasteiger partial charge in [-0.15, -0.1) is 0 Å². The van der Waals surface area contributed by atoms with Gasteiger partial charge in [-0.2, -0.15) is 0 Å². The number of amides is 2. The van der Waals surface area contributed by atoms with Gasteiger partial charge in [0.25, 0.3) is 0 Å². The maximum Gasteiger partial charge on any atom is 0.246 e. The van der Waals surface area contributed by atoms with Crippen LogP contribution in [0, 0.1) is 5.92 Å². The van der Waals surface area contributed by atoms with E-state index in [0.717, 1.165) is 55.6 Å². The maximum atomic E-state index is 12.5.